The maximum absolute atomic E-state index is 5.89. The molecular formula is C16H32N2O. The first-order valence-corrected chi connectivity index (χ1v) is 8.39. The predicted molar refractivity (Wildman–Crippen MR) is 80.3 cm³/mol. The summed E-state index contributed by atoms with van der Waals surface area (Å²) in [6.45, 7) is 6.44. The largest absolute Gasteiger partial charge is 0.378 e. The SMILES string of the molecule is CCC1CCCC(N2CCC(OCCCN)CC2)C1. The molecule has 2 unspecified atom stereocenters. The molecule has 2 N–H and O–H groups in total. The van der Waals surface area contributed by atoms with Crippen molar-refractivity contribution in [3.05, 3.63) is 0 Å². The van der Waals surface area contributed by atoms with Gasteiger partial charge in [0.2, 0.25) is 0 Å². The van der Waals surface area contributed by atoms with Crippen LogP contribution in [0.5, 0.6) is 0 Å². The van der Waals surface area contributed by atoms with E-state index in [4.69, 9.17) is 10.5 Å². The number of ether oxygens (including phenoxy) is 1. The first-order chi connectivity index (χ1) is 9.33. The van der Waals surface area contributed by atoms with Crippen LogP contribution in [0.4, 0.5) is 0 Å². The third kappa shape index (κ3) is 4.73. The lowest BCUT2D eigenvalue weighted by molar-refractivity contribution is -0.00901. The van der Waals surface area contributed by atoms with E-state index in [0.29, 0.717) is 6.10 Å². The summed E-state index contributed by atoms with van der Waals surface area (Å²) in [5.41, 5.74) is 5.50. The molecule has 2 fully saturated rings. The molecule has 1 aliphatic heterocycles. The predicted octanol–water partition coefficient (Wildman–Crippen LogP) is 2.79. The van der Waals surface area contributed by atoms with Gasteiger partial charge in [0.25, 0.3) is 0 Å². The minimum absolute atomic E-state index is 0.494. The summed E-state index contributed by atoms with van der Waals surface area (Å²) >= 11 is 0. The molecule has 2 atom stereocenters. The number of nitrogens with zero attached hydrogens (tertiary/aromatic N) is 1. The van der Waals surface area contributed by atoms with E-state index in [1.54, 1.807) is 0 Å². The number of hydrogen-bond acceptors (Lipinski definition) is 3. The first kappa shape index (κ1) is 15.3. The summed E-state index contributed by atoms with van der Waals surface area (Å²) in [5, 5.41) is 0. The second kappa shape index (κ2) is 8.23. The molecule has 0 aromatic heterocycles. The van der Waals surface area contributed by atoms with Crippen molar-refractivity contribution in [2.45, 2.75) is 70.4 Å². The van der Waals surface area contributed by atoms with E-state index in [-0.39, 0.29) is 0 Å². The Morgan fingerprint density at radius 2 is 1.95 bits per heavy atom. The van der Waals surface area contributed by atoms with Crippen LogP contribution >= 0.6 is 0 Å². The molecule has 112 valence electrons. The molecule has 0 radical (unpaired) electrons. The molecule has 1 saturated carbocycles. The fourth-order valence-corrected chi connectivity index (χ4v) is 3.71. The van der Waals surface area contributed by atoms with Crippen LogP contribution < -0.4 is 5.73 Å². The second-order valence-corrected chi connectivity index (χ2v) is 6.34. The average molecular weight is 268 g/mol. The van der Waals surface area contributed by atoms with Gasteiger partial charge in [0.1, 0.15) is 0 Å². The Bertz CT molecular complexity index is 239. The van der Waals surface area contributed by atoms with Gasteiger partial charge in [-0.2, -0.15) is 0 Å². The highest BCUT2D eigenvalue weighted by Crippen LogP contribution is 2.31. The molecule has 1 saturated heterocycles. The average Bonchev–Trinajstić information content (AvgIpc) is 2.48. The van der Waals surface area contributed by atoms with Crippen LogP contribution in [0.15, 0.2) is 0 Å². The lowest BCUT2D eigenvalue weighted by Crippen LogP contribution is -2.45. The Morgan fingerprint density at radius 3 is 2.63 bits per heavy atom. The molecule has 0 aromatic carbocycles. The Labute approximate surface area is 118 Å². The zero-order chi connectivity index (χ0) is 13.5. The molecule has 2 rings (SSSR count). The van der Waals surface area contributed by atoms with Crippen molar-refractivity contribution >= 4 is 0 Å². The van der Waals surface area contributed by atoms with Crippen molar-refractivity contribution in [2.24, 2.45) is 11.7 Å². The molecule has 0 aromatic rings. The molecule has 3 nitrogen and oxygen atoms in total. The number of likely N-dealkylation sites (tertiary alicyclic amines) is 1. The van der Waals surface area contributed by atoms with Crippen LogP contribution in [0.3, 0.4) is 0 Å². The van der Waals surface area contributed by atoms with E-state index in [2.05, 4.69) is 11.8 Å². The maximum Gasteiger partial charge on any atom is 0.0599 e. The van der Waals surface area contributed by atoms with Crippen molar-refractivity contribution in [3.8, 4) is 0 Å². The standard InChI is InChI=1S/C16H32N2O/c1-2-14-5-3-6-15(13-14)18-10-7-16(8-11-18)19-12-4-9-17/h14-16H,2-13,17H2,1H3. The van der Waals surface area contributed by atoms with Gasteiger partial charge in [-0.3, -0.25) is 0 Å². The Kier molecular flexibility index (Phi) is 6.62. The minimum Gasteiger partial charge on any atom is -0.378 e. The van der Waals surface area contributed by atoms with Crippen LogP contribution in [-0.4, -0.2) is 43.3 Å². The molecule has 1 heterocycles. The van der Waals surface area contributed by atoms with Crippen LogP contribution in [0, 0.1) is 5.92 Å². The topological polar surface area (TPSA) is 38.5 Å². The van der Waals surface area contributed by atoms with E-state index in [1.165, 1.54) is 58.0 Å². The van der Waals surface area contributed by atoms with E-state index < -0.39 is 0 Å². The normalized spacial score (nSPS) is 30.6. The molecule has 3 heteroatoms. The third-order valence-corrected chi connectivity index (χ3v) is 5.03. The van der Waals surface area contributed by atoms with Gasteiger partial charge in [-0.15, -0.1) is 0 Å². The van der Waals surface area contributed by atoms with Gasteiger partial charge in [-0.25, -0.2) is 0 Å². The van der Waals surface area contributed by atoms with Gasteiger partial charge < -0.3 is 15.4 Å². The van der Waals surface area contributed by atoms with Gasteiger partial charge in [-0.1, -0.05) is 26.2 Å². The summed E-state index contributed by atoms with van der Waals surface area (Å²) in [6.07, 6.45) is 11.1. The number of hydrogen-bond donors (Lipinski definition) is 1. The Balaban J connectivity index is 1.67. The van der Waals surface area contributed by atoms with Crippen molar-refractivity contribution in [3.63, 3.8) is 0 Å². The summed E-state index contributed by atoms with van der Waals surface area (Å²) in [5.74, 6) is 0.984. The molecule has 1 aliphatic carbocycles. The Hall–Kier alpha value is -0.120. The third-order valence-electron chi connectivity index (χ3n) is 5.03. The van der Waals surface area contributed by atoms with Gasteiger partial charge >= 0.3 is 0 Å². The number of nitrogens with two attached hydrogens (primary N) is 1. The molecule has 2 aliphatic rings. The smallest absolute Gasteiger partial charge is 0.0599 e. The van der Waals surface area contributed by atoms with Crippen molar-refractivity contribution < 1.29 is 4.74 Å². The lowest BCUT2D eigenvalue weighted by Gasteiger charge is -2.41. The summed E-state index contributed by atoms with van der Waals surface area (Å²) < 4.78 is 5.89. The van der Waals surface area contributed by atoms with Gasteiger partial charge in [0.05, 0.1) is 6.10 Å². The van der Waals surface area contributed by atoms with Crippen molar-refractivity contribution in [1.82, 2.24) is 4.90 Å². The first-order valence-electron chi connectivity index (χ1n) is 8.39. The fourth-order valence-electron chi connectivity index (χ4n) is 3.71. The zero-order valence-corrected chi connectivity index (χ0v) is 12.7. The number of rotatable bonds is 6. The highest BCUT2D eigenvalue weighted by Gasteiger charge is 2.29. The van der Waals surface area contributed by atoms with Gasteiger partial charge in [-0.05, 0) is 44.6 Å². The van der Waals surface area contributed by atoms with E-state index in [9.17, 15) is 0 Å². The summed E-state index contributed by atoms with van der Waals surface area (Å²) in [6, 6.07) is 0.865. The molecular weight excluding hydrogens is 236 g/mol. The van der Waals surface area contributed by atoms with E-state index >= 15 is 0 Å². The van der Waals surface area contributed by atoms with Gasteiger partial charge in [0, 0.05) is 25.7 Å². The molecule has 0 spiro atoms. The van der Waals surface area contributed by atoms with Crippen LogP contribution in [-0.2, 0) is 4.74 Å². The molecule has 19 heavy (non-hydrogen) atoms. The summed E-state index contributed by atoms with van der Waals surface area (Å²) in [7, 11) is 0. The van der Waals surface area contributed by atoms with Crippen molar-refractivity contribution in [1.29, 1.82) is 0 Å². The van der Waals surface area contributed by atoms with Gasteiger partial charge in [0.15, 0.2) is 0 Å². The zero-order valence-electron chi connectivity index (χ0n) is 12.7. The monoisotopic (exact) mass is 268 g/mol. The van der Waals surface area contributed by atoms with Crippen molar-refractivity contribution in [2.75, 3.05) is 26.2 Å². The fraction of sp³-hybridized carbons (Fsp3) is 1.00. The highest BCUT2D eigenvalue weighted by molar-refractivity contribution is 4.83. The molecule has 0 bridgehead atoms. The highest BCUT2D eigenvalue weighted by atomic mass is 16.5. The Morgan fingerprint density at radius 1 is 1.16 bits per heavy atom. The van der Waals surface area contributed by atoms with E-state index in [0.717, 1.165) is 31.5 Å². The van der Waals surface area contributed by atoms with Crippen LogP contribution in [0.25, 0.3) is 0 Å². The number of piperidine rings is 1. The quantitative estimate of drug-likeness (QED) is 0.753. The van der Waals surface area contributed by atoms with Crippen LogP contribution in [0.1, 0.15) is 58.3 Å². The van der Waals surface area contributed by atoms with E-state index in [1.807, 2.05) is 0 Å². The molecule has 0 amide bonds. The minimum atomic E-state index is 0.494. The van der Waals surface area contributed by atoms with Crippen LogP contribution in [0.2, 0.25) is 0 Å². The summed E-state index contributed by atoms with van der Waals surface area (Å²) in [4.78, 5) is 2.74. The second-order valence-electron chi connectivity index (χ2n) is 6.34. The lowest BCUT2D eigenvalue weighted by atomic mass is 9.83. The maximum atomic E-state index is 5.89.